The lowest BCUT2D eigenvalue weighted by molar-refractivity contribution is 0.112. The second-order valence-electron chi connectivity index (χ2n) is 3.61. The molecule has 0 amide bonds. The van der Waals surface area contributed by atoms with Gasteiger partial charge in [-0.05, 0) is 16.8 Å². The number of benzene rings is 2. The first-order valence-electron chi connectivity index (χ1n) is 5.38. The molecule has 0 aliphatic heterocycles. The van der Waals surface area contributed by atoms with Crippen LogP contribution >= 0.6 is 15.9 Å². The average Bonchev–Trinajstić information content (AvgIpc) is 2.39. The number of alkyl halides is 1. The van der Waals surface area contributed by atoms with Gasteiger partial charge in [0.15, 0.2) is 6.29 Å². The molecule has 0 heterocycles. The predicted octanol–water partition coefficient (Wildman–Crippen LogP) is 3.79. The van der Waals surface area contributed by atoms with Gasteiger partial charge in [0.05, 0.1) is 0 Å². The van der Waals surface area contributed by atoms with E-state index in [4.69, 9.17) is 0 Å². The highest BCUT2D eigenvalue weighted by Gasteiger charge is 2.03. The fourth-order valence-corrected chi connectivity index (χ4v) is 1.92. The third-order valence-corrected chi connectivity index (χ3v) is 2.92. The van der Waals surface area contributed by atoms with E-state index in [1.165, 1.54) is 0 Å². The summed E-state index contributed by atoms with van der Waals surface area (Å²) in [5.41, 5.74) is 1.49. The number of rotatable bonds is 2. The number of carbonyl (C=O) groups is 1. The molecule has 0 saturated carbocycles. The standard InChI is InChI=1S/C15H11BrO/c16-10-4-3-7-15-13(11-17)9-8-12-5-1-2-6-14(12)15/h1-2,5-6,8-9,11H,4,10H2. The molecule has 0 fully saturated rings. The van der Waals surface area contributed by atoms with E-state index in [1.54, 1.807) is 0 Å². The minimum atomic E-state index is 0.658. The molecule has 0 aliphatic rings. The van der Waals surface area contributed by atoms with E-state index in [0.717, 1.165) is 34.4 Å². The molecule has 0 aromatic heterocycles. The Morgan fingerprint density at radius 1 is 1.18 bits per heavy atom. The maximum Gasteiger partial charge on any atom is 0.151 e. The number of hydrogen-bond acceptors (Lipinski definition) is 1. The van der Waals surface area contributed by atoms with Gasteiger partial charge in [0.1, 0.15) is 0 Å². The van der Waals surface area contributed by atoms with Gasteiger partial charge in [0.25, 0.3) is 0 Å². The summed E-state index contributed by atoms with van der Waals surface area (Å²) < 4.78 is 0. The van der Waals surface area contributed by atoms with Gasteiger partial charge in [-0.1, -0.05) is 58.1 Å². The molecule has 0 aliphatic carbocycles. The van der Waals surface area contributed by atoms with Crippen molar-refractivity contribution < 1.29 is 4.79 Å². The van der Waals surface area contributed by atoms with E-state index in [1.807, 2.05) is 36.4 Å². The molecule has 1 nitrogen and oxygen atoms in total. The number of aldehydes is 1. The van der Waals surface area contributed by atoms with Gasteiger partial charge in [0, 0.05) is 22.9 Å². The smallest absolute Gasteiger partial charge is 0.151 e. The Morgan fingerprint density at radius 3 is 2.76 bits per heavy atom. The lowest BCUT2D eigenvalue weighted by atomic mass is 10.00. The number of fused-ring (bicyclic) bond motifs is 1. The first-order valence-corrected chi connectivity index (χ1v) is 6.50. The maximum atomic E-state index is 11.0. The van der Waals surface area contributed by atoms with E-state index in [0.29, 0.717) is 5.56 Å². The highest BCUT2D eigenvalue weighted by molar-refractivity contribution is 9.09. The SMILES string of the molecule is O=Cc1ccc2ccccc2c1C#CCCBr. The fourth-order valence-electron chi connectivity index (χ4n) is 1.72. The number of carbonyl (C=O) groups excluding carboxylic acids is 1. The van der Waals surface area contributed by atoms with E-state index >= 15 is 0 Å². The van der Waals surface area contributed by atoms with Crippen molar-refractivity contribution in [2.24, 2.45) is 0 Å². The quantitative estimate of drug-likeness (QED) is 0.466. The van der Waals surface area contributed by atoms with Crippen LogP contribution in [0.1, 0.15) is 22.3 Å². The topological polar surface area (TPSA) is 17.1 Å². The van der Waals surface area contributed by atoms with Crippen molar-refractivity contribution in [2.45, 2.75) is 6.42 Å². The van der Waals surface area contributed by atoms with Crippen LogP contribution in [-0.2, 0) is 0 Å². The van der Waals surface area contributed by atoms with Crippen LogP contribution in [-0.4, -0.2) is 11.6 Å². The van der Waals surface area contributed by atoms with Crippen LogP contribution in [0.2, 0.25) is 0 Å². The van der Waals surface area contributed by atoms with Crippen molar-refractivity contribution >= 4 is 33.0 Å². The summed E-state index contributed by atoms with van der Waals surface area (Å²) in [7, 11) is 0. The Hall–Kier alpha value is -1.59. The van der Waals surface area contributed by atoms with E-state index in [-0.39, 0.29) is 0 Å². The zero-order valence-electron chi connectivity index (χ0n) is 9.24. The molecule has 0 unspecified atom stereocenters. The van der Waals surface area contributed by atoms with Gasteiger partial charge in [-0.2, -0.15) is 0 Å². The Morgan fingerprint density at radius 2 is 2.00 bits per heavy atom. The molecule has 0 atom stereocenters. The lowest BCUT2D eigenvalue weighted by Crippen LogP contribution is -1.89. The van der Waals surface area contributed by atoms with Gasteiger partial charge in [0.2, 0.25) is 0 Å². The third kappa shape index (κ3) is 2.57. The Kier molecular flexibility index (Phi) is 3.95. The fraction of sp³-hybridized carbons (Fsp3) is 0.133. The predicted molar refractivity (Wildman–Crippen MR) is 74.6 cm³/mol. The summed E-state index contributed by atoms with van der Waals surface area (Å²) in [6.07, 6.45) is 1.64. The van der Waals surface area contributed by atoms with Crippen LogP contribution in [0.4, 0.5) is 0 Å². The second kappa shape index (κ2) is 5.65. The lowest BCUT2D eigenvalue weighted by Gasteiger charge is -2.03. The van der Waals surface area contributed by atoms with Gasteiger partial charge in [-0.3, -0.25) is 4.79 Å². The molecular formula is C15H11BrO. The minimum Gasteiger partial charge on any atom is -0.298 e. The Bertz CT molecular complexity index is 605. The van der Waals surface area contributed by atoms with Crippen molar-refractivity contribution in [3.05, 3.63) is 47.5 Å². The van der Waals surface area contributed by atoms with E-state index in [9.17, 15) is 4.79 Å². The number of hydrogen-bond donors (Lipinski definition) is 0. The average molecular weight is 287 g/mol. The Labute approximate surface area is 109 Å². The van der Waals surface area contributed by atoms with E-state index in [2.05, 4.69) is 27.8 Å². The molecule has 17 heavy (non-hydrogen) atoms. The van der Waals surface area contributed by atoms with Crippen molar-refractivity contribution in [3.8, 4) is 11.8 Å². The summed E-state index contributed by atoms with van der Waals surface area (Å²) in [6.45, 7) is 0. The zero-order chi connectivity index (χ0) is 12.1. The van der Waals surface area contributed by atoms with E-state index < -0.39 is 0 Å². The van der Waals surface area contributed by atoms with Crippen molar-refractivity contribution in [1.82, 2.24) is 0 Å². The molecule has 2 aromatic rings. The monoisotopic (exact) mass is 286 g/mol. The molecule has 84 valence electrons. The summed E-state index contributed by atoms with van der Waals surface area (Å²) in [6, 6.07) is 11.8. The minimum absolute atomic E-state index is 0.658. The van der Waals surface area contributed by atoms with Crippen LogP contribution in [0.25, 0.3) is 10.8 Å². The van der Waals surface area contributed by atoms with Gasteiger partial charge < -0.3 is 0 Å². The van der Waals surface area contributed by atoms with Crippen LogP contribution in [0, 0.1) is 11.8 Å². The van der Waals surface area contributed by atoms with Crippen molar-refractivity contribution in [2.75, 3.05) is 5.33 Å². The molecule has 2 aromatic carbocycles. The largest absolute Gasteiger partial charge is 0.298 e. The highest BCUT2D eigenvalue weighted by Crippen LogP contribution is 2.20. The van der Waals surface area contributed by atoms with Gasteiger partial charge in [-0.25, -0.2) is 0 Å². The number of halogens is 1. The summed E-state index contributed by atoms with van der Waals surface area (Å²) >= 11 is 3.34. The zero-order valence-corrected chi connectivity index (χ0v) is 10.8. The molecule has 2 heteroatoms. The summed E-state index contributed by atoms with van der Waals surface area (Å²) in [4.78, 5) is 11.0. The summed E-state index contributed by atoms with van der Waals surface area (Å²) in [5.74, 6) is 6.16. The van der Waals surface area contributed by atoms with Crippen LogP contribution in [0.3, 0.4) is 0 Å². The van der Waals surface area contributed by atoms with Crippen molar-refractivity contribution in [1.29, 1.82) is 0 Å². The third-order valence-electron chi connectivity index (χ3n) is 2.52. The van der Waals surface area contributed by atoms with Crippen LogP contribution in [0.5, 0.6) is 0 Å². The second-order valence-corrected chi connectivity index (χ2v) is 4.40. The van der Waals surface area contributed by atoms with Gasteiger partial charge >= 0.3 is 0 Å². The first-order chi connectivity index (χ1) is 8.36. The van der Waals surface area contributed by atoms with Crippen LogP contribution in [0.15, 0.2) is 36.4 Å². The molecule has 0 saturated heterocycles. The van der Waals surface area contributed by atoms with Crippen LogP contribution < -0.4 is 0 Å². The Balaban J connectivity index is 2.64. The summed E-state index contributed by atoms with van der Waals surface area (Å²) in [5, 5.41) is 3.00. The molecule has 2 rings (SSSR count). The molecule has 0 N–H and O–H groups in total. The van der Waals surface area contributed by atoms with Gasteiger partial charge in [-0.15, -0.1) is 0 Å². The highest BCUT2D eigenvalue weighted by atomic mass is 79.9. The molecule has 0 spiro atoms. The maximum absolute atomic E-state index is 11.0. The molecule has 0 radical (unpaired) electrons. The first kappa shape index (κ1) is 11.9. The molecular weight excluding hydrogens is 276 g/mol. The molecule has 0 bridgehead atoms. The normalized spacial score (nSPS) is 9.71. The van der Waals surface area contributed by atoms with Crippen molar-refractivity contribution in [3.63, 3.8) is 0 Å².